The first-order valence-corrected chi connectivity index (χ1v) is 16.4. The van der Waals surface area contributed by atoms with Crippen molar-refractivity contribution in [1.82, 2.24) is 5.32 Å². The van der Waals surface area contributed by atoms with Crippen molar-refractivity contribution in [2.45, 2.75) is 141 Å². The number of carbonyl (C=O) groups excluding carboxylic acids is 2. The molecule has 236 valence electrons. The van der Waals surface area contributed by atoms with Gasteiger partial charge >= 0.3 is 5.97 Å². The average Bonchev–Trinajstić information content (AvgIpc) is 2.97. The molecule has 2 rings (SSSR count). The molecular weight excluding hydrogens is 530 g/mol. The van der Waals surface area contributed by atoms with E-state index in [1.54, 1.807) is 6.08 Å². The van der Waals surface area contributed by atoms with Crippen LogP contribution in [-0.2, 0) is 20.8 Å². The minimum atomic E-state index is -2.21. The van der Waals surface area contributed by atoms with Gasteiger partial charge in [-0.15, -0.1) is 0 Å². The highest BCUT2D eigenvalue weighted by Crippen LogP contribution is 2.24. The Balaban J connectivity index is 1.70. The number of aliphatic carboxylic acids is 1. The first kappa shape index (κ1) is 35.5. The van der Waals surface area contributed by atoms with E-state index in [9.17, 15) is 24.6 Å². The molecule has 1 amide bonds. The van der Waals surface area contributed by atoms with Crippen LogP contribution in [0, 0.1) is 5.92 Å². The van der Waals surface area contributed by atoms with Crippen molar-refractivity contribution in [1.29, 1.82) is 0 Å². The molecule has 0 heterocycles. The third-order valence-electron chi connectivity index (χ3n) is 8.28. The van der Waals surface area contributed by atoms with Gasteiger partial charge in [0.05, 0.1) is 12.0 Å². The molecule has 0 bridgehead atoms. The third kappa shape index (κ3) is 14.0. The zero-order chi connectivity index (χ0) is 30.6. The molecule has 1 fully saturated rings. The fraction of sp³-hybridized carbons (Fsp3) is 0.686. The summed E-state index contributed by atoms with van der Waals surface area (Å²) in [6.45, 7) is 3.68. The summed E-state index contributed by atoms with van der Waals surface area (Å²) in [6, 6.07) is 7.89. The van der Waals surface area contributed by atoms with Crippen molar-refractivity contribution in [2.24, 2.45) is 5.92 Å². The minimum Gasteiger partial charge on any atom is -0.490 e. The average molecular weight is 586 g/mol. The van der Waals surface area contributed by atoms with Gasteiger partial charge in [-0.3, -0.25) is 9.59 Å². The van der Waals surface area contributed by atoms with E-state index in [1.165, 1.54) is 44.6 Å². The standard InChI is InChI=1S/C35H55NO6/c1-3-4-5-8-12-17-29(37)18-13-9-6-7-10-16-21-32(35(2,41)34(39)40)33(38)36-27-26-28-22-24-31(25-23-28)42-30-19-14-11-15-20-30/h16,21-25,30,32,41H,3-15,17-20,26-27H2,1-2H3,(H,36,38)(H,39,40)/b21-16+/t32-,35+/m1/s1. The molecule has 1 saturated carbocycles. The highest BCUT2D eigenvalue weighted by Gasteiger charge is 2.42. The molecule has 7 nitrogen and oxygen atoms in total. The number of hydrogen-bond donors (Lipinski definition) is 3. The lowest BCUT2D eigenvalue weighted by molar-refractivity contribution is -0.163. The molecule has 1 aliphatic rings. The molecule has 7 heteroatoms. The number of ether oxygens (including phenoxy) is 1. The number of benzene rings is 1. The number of carbonyl (C=O) groups is 3. The summed E-state index contributed by atoms with van der Waals surface area (Å²) in [4.78, 5) is 36.6. The Morgan fingerprint density at radius 1 is 0.952 bits per heavy atom. The summed E-state index contributed by atoms with van der Waals surface area (Å²) in [7, 11) is 0. The van der Waals surface area contributed by atoms with Gasteiger partial charge in [0.2, 0.25) is 5.91 Å². The van der Waals surface area contributed by atoms with Crippen molar-refractivity contribution in [3.8, 4) is 5.75 Å². The zero-order valence-corrected chi connectivity index (χ0v) is 26.1. The number of carboxylic acid groups (broad SMARTS) is 1. The lowest BCUT2D eigenvalue weighted by atomic mass is 9.87. The monoisotopic (exact) mass is 585 g/mol. The van der Waals surface area contributed by atoms with Gasteiger partial charge in [-0.25, -0.2) is 4.79 Å². The molecule has 0 unspecified atom stereocenters. The summed E-state index contributed by atoms with van der Waals surface area (Å²) in [6.07, 6.45) is 21.7. The topological polar surface area (TPSA) is 113 Å². The second-order valence-electron chi connectivity index (χ2n) is 12.1. The van der Waals surface area contributed by atoms with Crippen LogP contribution in [0.15, 0.2) is 36.4 Å². The molecule has 42 heavy (non-hydrogen) atoms. The van der Waals surface area contributed by atoms with Crippen LogP contribution >= 0.6 is 0 Å². The van der Waals surface area contributed by atoms with Crippen molar-refractivity contribution in [3.63, 3.8) is 0 Å². The van der Waals surface area contributed by atoms with Crippen LogP contribution in [0.2, 0.25) is 0 Å². The van der Waals surface area contributed by atoms with E-state index in [2.05, 4.69) is 12.2 Å². The lowest BCUT2D eigenvalue weighted by Crippen LogP contribution is -2.49. The highest BCUT2D eigenvalue weighted by atomic mass is 16.5. The Morgan fingerprint density at radius 3 is 2.19 bits per heavy atom. The van der Waals surface area contributed by atoms with Gasteiger partial charge in [-0.2, -0.15) is 0 Å². The van der Waals surface area contributed by atoms with Gasteiger partial charge in [0.15, 0.2) is 5.60 Å². The largest absolute Gasteiger partial charge is 0.490 e. The molecule has 1 aliphatic carbocycles. The van der Waals surface area contributed by atoms with Crippen LogP contribution < -0.4 is 10.1 Å². The second kappa shape index (κ2) is 20.3. The number of ketones is 1. The zero-order valence-electron chi connectivity index (χ0n) is 26.1. The predicted molar refractivity (Wildman–Crippen MR) is 168 cm³/mol. The van der Waals surface area contributed by atoms with Crippen LogP contribution in [0.4, 0.5) is 0 Å². The van der Waals surface area contributed by atoms with Crippen LogP contribution in [0.1, 0.15) is 129 Å². The van der Waals surface area contributed by atoms with Crippen molar-refractivity contribution in [3.05, 3.63) is 42.0 Å². The minimum absolute atomic E-state index is 0.293. The molecule has 3 N–H and O–H groups in total. The molecule has 0 aromatic heterocycles. The maximum Gasteiger partial charge on any atom is 0.336 e. The SMILES string of the molecule is CCCCCCCC(=O)CCCCCC/C=C/[C@H](C(=O)NCCc1ccc(OC2CCCCC2)cc1)[C@](C)(O)C(=O)O. The van der Waals surface area contributed by atoms with Gasteiger partial charge in [0.25, 0.3) is 0 Å². The van der Waals surface area contributed by atoms with Crippen LogP contribution in [0.25, 0.3) is 0 Å². The Morgan fingerprint density at radius 2 is 1.57 bits per heavy atom. The molecule has 0 aliphatic heterocycles. The number of amides is 1. The number of allylic oxidation sites excluding steroid dienone is 1. The van der Waals surface area contributed by atoms with E-state index in [4.69, 9.17) is 4.74 Å². The maximum atomic E-state index is 12.9. The van der Waals surface area contributed by atoms with Gasteiger partial charge in [-0.05, 0) is 82.4 Å². The first-order chi connectivity index (χ1) is 20.2. The van der Waals surface area contributed by atoms with Gasteiger partial charge < -0.3 is 20.3 Å². The molecule has 0 saturated heterocycles. The smallest absolute Gasteiger partial charge is 0.336 e. The van der Waals surface area contributed by atoms with E-state index in [1.807, 2.05) is 24.3 Å². The van der Waals surface area contributed by atoms with Gasteiger partial charge in [0, 0.05) is 19.4 Å². The summed E-state index contributed by atoms with van der Waals surface area (Å²) in [5, 5.41) is 22.9. The fourth-order valence-corrected chi connectivity index (χ4v) is 5.43. The number of rotatable bonds is 22. The van der Waals surface area contributed by atoms with Gasteiger partial charge in [0.1, 0.15) is 11.5 Å². The van der Waals surface area contributed by atoms with E-state index in [-0.39, 0.29) is 0 Å². The van der Waals surface area contributed by atoms with Crippen molar-refractivity contribution < 1.29 is 29.3 Å². The molecule has 0 radical (unpaired) electrons. The lowest BCUT2D eigenvalue weighted by Gasteiger charge is -2.26. The van der Waals surface area contributed by atoms with E-state index >= 15 is 0 Å². The second-order valence-corrected chi connectivity index (χ2v) is 12.1. The number of carboxylic acids is 1. The number of Topliss-reactive ketones (excluding diaryl/α,β-unsaturated/α-hetero) is 1. The summed E-state index contributed by atoms with van der Waals surface area (Å²) in [5.41, 5.74) is -1.17. The highest BCUT2D eigenvalue weighted by molar-refractivity contribution is 5.90. The Labute approximate surface area is 253 Å². The summed E-state index contributed by atoms with van der Waals surface area (Å²) in [5.74, 6) is -1.92. The maximum absolute atomic E-state index is 12.9. The number of unbranched alkanes of at least 4 members (excludes halogenated alkanes) is 8. The van der Waals surface area contributed by atoms with Crippen molar-refractivity contribution >= 4 is 17.7 Å². The van der Waals surface area contributed by atoms with E-state index in [0.29, 0.717) is 44.1 Å². The number of hydrogen-bond acceptors (Lipinski definition) is 5. The molecule has 1 aromatic rings. The molecular formula is C35H55NO6. The summed E-state index contributed by atoms with van der Waals surface area (Å²) < 4.78 is 6.08. The normalized spacial score (nSPS) is 16.2. The Hall–Kier alpha value is -2.67. The fourth-order valence-electron chi connectivity index (χ4n) is 5.43. The van der Waals surface area contributed by atoms with E-state index < -0.39 is 23.4 Å². The molecule has 1 aromatic carbocycles. The number of nitrogens with one attached hydrogen (secondary N) is 1. The molecule has 2 atom stereocenters. The summed E-state index contributed by atoms with van der Waals surface area (Å²) >= 11 is 0. The molecule has 0 spiro atoms. The van der Waals surface area contributed by atoms with Crippen molar-refractivity contribution in [2.75, 3.05) is 6.54 Å². The van der Waals surface area contributed by atoms with Crippen LogP contribution in [-0.4, -0.2) is 46.1 Å². The van der Waals surface area contributed by atoms with Crippen LogP contribution in [0.5, 0.6) is 5.75 Å². The quantitative estimate of drug-likeness (QED) is 0.0970. The van der Waals surface area contributed by atoms with Gasteiger partial charge in [-0.1, -0.05) is 76.2 Å². The van der Waals surface area contributed by atoms with Crippen LogP contribution in [0.3, 0.4) is 0 Å². The Bertz CT molecular complexity index is 949. The number of aliphatic hydroxyl groups is 1. The van der Waals surface area contributed by atoms with E-state index in [0.717, 1.165) is 69.6 Å². The Kier molecular flexibility index (Phi) is 17.1. The first-order valence-electron chi connectivity index (χ1n) is 16.4. The predicted octanol–water partition coefficient (Wildman–Crippen LogP) is 7.34. The third-order valence-corrected chi connectivity index (χ3v) is 8.28.